The van der Waals surface area contributed by atoms with Gasteiger partial charge in [0.25, 0.3) is 0 Å². The van der Waals surface area contributed by atoms with Crippen LogP contribution in [0.15, 0.2) is 34.7 Å². The summed E-state index contributed by atoms with van der Waals surface area (Å²) in [5.41, 5.74) is 2.28. The molecular formula is C11H7ClF3N3S. The second-order valence-electron chi connectivity index (χ2n) is 3.46. The van der Waals surface area contributed by atoms with E-state index in [1.165, 1.54) is 6.21 Å². The standard InChI is InChI=1S/C11H7ClF3N3S/c12-8-3-1-7(2-4-8)5-16-18-10-17-9(6-19-10)11(13,14)15/h1-6H,(H,17,18)/b16-5+. The number of aromatic nitrogens is 1. The Kier molecular flexibility index (Phi) is 4.06. The minimum Gasteiger partial charge on any atom is -0.253 e. The zero-order valence-corrected chi connectivity index (χ0v) is 10.9. The van der Waals surface area contributed by atoms with Crippen molar-refractivity contribution in [1.82, 2.24) is 4.98 Å². The number of hydrazone groups is 1. The van der Waals surface area contributed by atoms with Crippen molar-refractivity contribution in [2.75, 3.05) is 5.43 Å². The van der Waals surface area contributed by atoms with Crippen molar-refractivity contribution in [2.45, 2.75) is 6.18 Å². The van der Waals surface area contributed by atoms with E-state index in [1.54, 1.807) is 24.3 Å². The molecule has 0 spiro atoms. The van der Waals surface area contributed by atoms with Crippen molar-refractivity contribution >= 4 is 34.3 Å². The number of benzene rings is 1. The van der Waals surface area contributed by atoms with E-state index in [2.05, 4.69) is 15.5 Å². The second-order valence-corrected chi connectivity index (χ2v) is 4.75. The first-order valence-electron chi connectivity index (χ1n) is 5.02. The SMILES string of the molecule is FC(F)(F)c1csc(N/N=C/c2ccc(Cl)cc2)n1. The van der Waals surface area contributed by atoms with E-state index in [4.69, 9.17) is 11.6 Å². The lowest BCUT2D eigenvalue weighted by atomic mass is 10.2. The van der Waals surface area contributed by atoms with E-state index >= 15 is 0 Å². The highest BCUT2D eigenvalue weighted by molar-refractivity contribution is 7.13. The van der Waals surface area contributed by atoms with Gasteiger partial charge in [0.05, 0.1) is 6.21 Å². The van der Waals surface area contributed by atoms with Crippen LogP contribution in [0.5, 0.6) is 0 Å². The largest absolute Gasteiger partial charge is 0.434 e. The van der Waals surface area contributed by atoms with Crippen LogP contribution in [0.2, 0.25) is 5.02 Å². The van der Waals surface area contributed by atoms with Crippen molar-refractivity contribution < 1.29 is 13.2 Å². The fourth-order valence-electron chi connectivity index (χ4n) is 1.17. The van der Waals surface area contributed by atoms with Crippen molar-refractivity contribution in [3.8, 4) is 0 Å². The van der Waals surface area contributed by atoms with E-state index in [0.717, 1.165) is 22.3 Å². The second kappa shape index (κ2) is 5.58. The number of thiazole rings is 1. The van der Waals surface area contributed by atoms with Gasteiger partial charge in [-0.1, -0.05) is 23.7 Å². The average Bonchev–Trinajstić information content (AvgIpc) is 2.80. The minimum absolute atomic E-state index is 0.0811. The van der Waals surface area contributed by atoms with Crippen LogP contribution in [0.25, 0.3) is 0 Å². The van der Waals surface area contributed by atoms with Crippen molar-refractivity contribution in [1.29, 1.82) is 0 Å². The lowest BCUT2D eigenvalue weighted by Gasteiger charge is -1.99. The number of hydrogen-bond donors (Lipinski definition) is 1. The Bertz CT molecular complexity index is 578. The molecule has 0 unspecified atom stereocenters. The Morgan fingerprint density at radius 2 is 1.95 bits per heavy atom. The molecule has 0 fully saturated rings. The van der Waals surface area contributed by atoms with Gasteiger partial charge in [-0.3, -0.25) is 5.43 Å². The molecule has 100 valence electrons. The Balaban J connectivity index is 1.99. The van der Waals surface area contributed by atoms with Gasteiger partial charge in [0, 0.05) is 10.4 Å². The number of anilines is 1. The van der Waals surface area contributed by atoms with Crippen LogP contribution in [0.3, 0.4) is 0 Å². The van der Waals surface area contributed by atoms with Crippen molar-refractivity contribution in [3.63, 3.8) is 0 Å². The van der Waals surface area contributed by atoms with Gasteiger partial charge >= 0.3 is 6.18 Å². The molecule has 1 heterocycles. The maximum atomic E-state index is 12.3. The highest BCUT2D eigenvalue weighted by Crippen LogP contribution is 2.31. The van der Waals surface area contributed by atoms with Gasteiger partial charge in [0.1, 0.15) is 0 Å². The summed E-state index contributed by atoms with van der Waals surface area (Å²) in [5.74, 6) is 0. The lowest BCUT2D eigenvalue weighted by Crippen LogP contribution is -2.05. The monoisotopic (exact) mass is 305 g/mol. The third kappa shape index (κ3) is 3.93. The molecule has 0 aliphatic rings. The number of halogens is 4. The fraction of sp³-hybridized carbons (Fsp3) is 0.0909. The molecule has 3 nitrogen and oxygen atoms in total. The van der Waals surface area contributed by atoms with Crippen molar-refractivity contribution in [3.05, 3.63) is 45.9 Å². The highest BCUT2D eigenvalue weighted by atomic mass is 35.5. The first-order chi connectivity index (χ1) is 8.95. The van der Waals surface area contributed by atoms with Gasteiger partial charge in [-0.05, 0) is 17.7 Å². The molecule has 0 amide bonds. The average molecular weight is 306 g/mol. The van der Waals surface area contributed by atoms with Crippen LogP contribution in [0.4, 0.5) is 18.3 Å². The van der Waals surface area contributed by atoms with Crippen LogP contribution >= 0.6 is 22.9 Å². The number of nitrogens with one attached hydrogen (secondary N) is 1. The molecule has 0 radical (unpaired) electrons. The Labute approximate surface area is 115 Å². The fourth-order valence-corrected chi connectivity index (χ4v) is 1.96. The molecule has 1 aromatic carbocycles. The molecule has 8 heteroatoms. The molecular weight excluding hydrogens is 299 g/mol. The first kappa shape index (κ1) is 13.8. The summed E-state index contributed by atoms with van der Waals surface area (Å²) < 4.78 is 36.9. The number of rotatable bonds is 3. The lowest BCUT2D eigenvalue weighted by molar-refractivity contribution is -0.140. The van der Waals surface area contributed by atoms with E-state index in [0.29, 0.717) is 5.02 Å². The first-order valence-corrected chi connectivity index (χ1v) is 6.28. The third-order valence-electron chi connectivity index (χ3n) is 2.04. The zero-order valence-electron chi connectivity index (χ0n) is 9.28. The Hall–Kier alpha value is -1.60. The topological polar surface area (TPSA) is 37.3 Å². The van der Waals surface area contributed by atoms with Crippen molar-refractivity contribution in [2.24, 2.45) is 5.10 Å². The predicted octanol–water partition coefficient (Wildman–Crippen LogP) is 4.26. The predicted molar refractivity (Wildman–Crippen MR) is 69.8 cm³/mol. The van der Waals surface area contributed by atoms with Gasteiger partial charge in [-0.25, -0.2) is 4.98 Å². The molecule has 1 aromatic heterocycles. The summed E-state index contributed by atoms with van der Waals surface area (Å²) in [6.45, 7) is 0. The molecule has 2 aromatic rings. The zero-order chi connectivity index (χ0) is 13.9. The van der Waals surface area contributed by atoms with Crippen LogP contribution in [-0.2, 0) is 6.18 Å². The number of hydrogen-bond acceptors (Lipinski definition) is 4. The summed E-state index contributed by atoms with van der Waals surface area (Å²) in [7, 11) is 0. The Morgan fingerprint density at radius 3 is 2.53 bits per heavy atom. The number of nitrogens with zero attached hydrogens (tertiary/aromatic N) is 2. The highest BCUT2D eigenvalue weighted by Gasteiger charge is 2.33. The quantitative estimate of drug-likeness (QED) is 0.679. The van der Waals surface area contributed by atoms with E-state index in [1.807, 2.05) is 0 Å². The maximum Gasteiger partial charge on any atom is 0.434 e. The van der Waals surface area contributed by atoms with Crippen LogP contribution < -0.4 is 5.43 Å². The Morgan fingerprint density at radius 1 is 1.26 bits per heavy atom. The molecule has 0 saturated heterocycles. The molecule has 19 heavy (non-hydrogen) atoms. The smallest absolute Gasteiger partial charge is 0.253 e. The maximum absolute atomic E-state index is 12.3. The summed E-state index contributed by atoms with van der Waals surface area (Å²) >= 11 is 6.55. The molecule has 0 bridgehead atoms. The van der Waals surface area contributed by atoms with Gasteiger partial charge in [-0.15, -0.1) is 11.3 Å². The number of alkyl halides is 3. The molecule has 2 rings (SSSR count). The molecule has 0 aliphatic heterocycles. The van der Waals surface area contributed by atoms with Gasteiger partial charge in [0.15, 0.2) is 5.69 Å². The molecule has 0 atom stereocenters. The van der Waals surface area contributed by atoms with E-state index in [-0.39, 0.29) is 5.13 Å². The molecule has 1 N–H and O–H groups in total. The van der Waals surface area contributed by atoms with Gasteiger partial charge in [-0.2, -0.15) is 18.3 Å². The van der Waals surface area contributed by atoms with Crippen LogP contribution in [-0.4, -0.2) is 11.2 Å². The molecule has 0 aliphatic carbocycles. The van der Waals surface area contributed by atoms with Gasteiger partial charge in [0.2, 0.25) is 5.13 Å². The van der Waals surface area contributed by atoms with E-state index in [9.17, 15) is 13.2 Å². The van der Waals surface area contributed by atoms with Gasteiger partial charge < -0.3 is 0 Å². The van der Waals surface area contributed by atoms with Crippen LogP contribution in [0.1, 0.15) is 11.3 Å². The van der Waals surface area contributed by atoms with Crippen LogP contribution in [0, 0.1) is 0 Å². The minimum atomic E-state index is -4.43. The van der Waals surface area contributed by atoms with E-state index < -0.39 is 11.9 Å². The summed E-state index contributed by atoms with van der Waals surface area (Å²) in [6, 6.07) is 6.84. The molecule has 0 saturated carbocycles. The summed E-state index contributed by atoms with van der Waals surface area (Å²) in [6.07, 6.45) is -2.97. The third-order valence-corrected chi connectivity index (χ3v) is 3.04. The summed E-state index contributed by atoms with van der Waals surface area (Å²) in [4.78, 5) is 3.37. The summed E-state index contributed by atoms with van der Waals surface area (Å²) in [5, 5.41) is 5.41. The normalized spacial score (nSPS) is 12.0.